The summed E-state index contributed by atoms with van der Waals surface area (Å²) in [6.07, 6.45) is -1.38. The second kappa shape index (κ2) is 9.73. The van der Waals surface area contributed by atoms with Crippen molar-refractivity contribution in [3.63, 3.8) is 0 Å². The Morgan fingerprint density at radius 1 is 1.17 bits per heavy atom. The summed E-state index contributed by atoms with van der Waals surface area (Å²) in [5.74, 6) is -0.935. The molecular weight excluding hydrogens is 390 g/mol. The highest BCUT2D eigenvalue weighted by Gasteiger charge is 2.32. The maximum atomic E-state index is 12.3. The van der Waals surface area contributed by atoms with Crippen LogP contribution in [-0.2, 0) is 16.0 Å². The van der Waals surface area contributed by atoms with Crippen LogP contribution in [0.1, 0.15) is 19.4 Å². The van der Waals surface area contributed by atoms with Crippen molar-refractivity contribution in [2.24, 2.45) is 5.41 Å². The lowest BCUT2D eigenvalue weighted by Gasteiger charge is -2.27. The molecule has 1 heterocycles. The van der Waals surface area contributed by atoms with Gasteiger partial charge < -0.3 is 30.2 Å². The highest BCUT2D eigenvalue weighted by Crippen LogP contribution is 2.23. The van der Waals surface area contributed by atoms with E-state index >= 15 is 0 Å². The Labute approximate surface area is 174 Å². The largest absolute Gasteiger partial charge is 0.423 e. The maximum Gasteiger partial charge on any atom is 0.336 e. The standard InChI is InChI=1S/C21H29N3O6/c1-21(2,12-25)19(28)20(29)23-8-7-22-17(26)9-13-10-18(27)30-16-11-14(24(3)4)5-6-15(13)16/h5-6,10-11,19,25,28H,7-9,12H2,1-4H3,(H,22,26)(H,23,29)/t19-/m0/s1. The van der Waals surface area contributed by atoms with E-state index < -0.39 is 23.1 Å². The molecule has 164 valence electrons. The summed E-state index contributed by atoms with van der Waals surface area (Å²) in [4.78, 5) is 37.9. The van der Waals surface area contributed by atoms with Crippen molar-refractivity contribution in [3.05, 3.63) is 40.2 Å². The van der Waals surface area contributed by atoms with Crippen molar-refractivity contribution in [2.75, 3.05) is 38.7 Å². The molecular formula is C21H29N3O6. The van der Waals surface area contributed by atoms with E-state index in [1.807, 2.05) is 25.1 Å². The molecule has 1 aromatic carbocycles. The molecule has 0 unspecified atom stereocenters. The van der Waals surface area contributed by atoms with Crippen molar-refractivity contribution >= 4 is 28.5 Å². The van der Waals surface area contributed by atoms with E-state index in [-0.39, 0.29) is 32.0 Å². The van der Waals surface area contributed by atoms with Gasteiger partial charge in [0.2, 0.25) is 11.8 Å². The van der Waals surface area contributed by atoms with Gasteiger partial charge in [-0.15, -0.1) is 0 Å². The molecule has 1 aromatic heterocycles. The minimum absolute atomic E-state index is 0.0163. The smallest absolute Gasteiger partial charge is 0.336 e. The highest BCUT2D eigenvalue weighted by atomic mass is 16.4. The van der Waals surface area contributed by atoms with E-state index in [0.717, 1.165) is 5.69 Å². The van der Waals surface area contributed by atoms with Crippen LogP contribution in [0.5, 0.6) is 0 Å². The Hall–Kier alpha value is -2.91. The predicted octanol–water partition coefficient (Wildman–Crippen LogP) is 0.0133. The summed E-state index contributed by atoms with van der Waals surface area (Å²) in [5.41, 5.74) is 0.330. The molecule has 2 amide bonds. The average Bonchev–Trinajstić information content (AvgIpc) is 2.69. The Balaban J connectivity index is 1.95. The third-order valence-electron chi connectivity index (χ3n) is 4.82. The van der Waals surface area contributed by atoms with E-state index in [0.29, 0.717) is 16.5 Å². The SMILES string of the molecule is CN(C)c1ccc2c(CC(=O)NCCNC(=O)[C@H](O)C(C)(C)CO)cc(=O)oc2c1. The molecule has 0 fully saturated rings. The minimum Gasteiger partial charge on any atom is -0.423 e. The molecule has 30 heavy (non-hydrogen) atoms. The Bertz CT molecular complexity index is 967. The van der Waals surface area contributed by atoms with Gasteiger partial charge in [0.25, 0.3) is 0 Å². The second-order valence-corrected chi connectivity index (χ2v) is 8.03. The average molecular weight is 419 g/mol. The van der Waals surface area contributed by atoms with Gasteiger partial charge in [-0.25, -0.2) is 4.79 Å². The summed E-state index contributed by atoms with van der Waals surface area (Å²) >= 11 is 0. The van der Waals surface area contributed by atoms with Crippen LogP contribution in [0.4, 0.5) is 5.69 Å². The van der Waals surface area contributed by atoms with E-state index in [9.17, 15) is 24.6 Å². The first-order valence-electron chi connectivity index (χ1n) is 9.62. The van der Waals surface area contributed by atoms with E-state index in [2.05, 4.69) is 10.6 Å². The van der Waals surface area contributed by atoms with Gasteiger partial charge in [-0.3, -0.25) is 9.59 Å². The number of hydrogen-bond donors (Lipinski definition) is 4. The van der Waals surface area contributed by atoms with Gasteiger partial charge in [-0.1, -0.05) is 13.8 Å². The third-order valence-corrected chi connectivity index (χ3v) is 4.82. The summed E-state index contributed by atoms with van der Waals surface area (Å²) in [7, 11) is 3.75. The first kappa shape index (κ1) is 23.4. The summed E-state index contributed by atoms with van der Waals surface area (Å²) in [6, 6.07) is 6.72. The molecule has 0 saturated carbocycles. The Morgan fingerprint density at radius 2 is 1.83 bits per heavy atom. The summed E-state index contributed by atoms with van der Waals surface area (Å²) < 4.78 is 5.26. The van der Waals surface area contributed by atoms with Crippen molar-refractivity contribution in [1.29, 1.82) is 0 Å². The van der Waals surface area contributed by atoms with Crippen LogP contribution in [0, 0.1) is 5.41 Å². The van der Waals surface area contributed by atoms with Crippen LogP contribution >= 0.6 is 0 Å². The van der Waals surface area contributed by atoms with E-state index in [1.54, 1.807) is 26.0 Å². The molecule has 0 aliphatic carbocycles. The lowest BCUT2D eigenvalue weighted by molar-refractivity contribution is -0.137. The monoisotopic (exact) mass is 419 g/mol. The first-order chi connectivity index (χ1) is 14.0. The summed E-state index contributed by atoms with van der Waals surface area (Å²) in [6.45, 7) is 3.07. The lowest BCUT2D eigenvalue weighted by Crippen LogP contribution is -2.47. The zero-order chi connectivity index (χ0) is 22.5. The topological polar surface area (TPSA) is 132 Å². The van der Waals surface area contributed by atoms with Crippen LogP contribution in [-0.4, -0.2) is 61.9 Å². The number of benzene rings is 1. The van der Waals surface area contributed by atoms with Crippen LogP contribution in [0.2, 0.25) is 0 Å². The van der Waals surface area contributed by atoms with Gasteiger partial charge in [0.05, 0.1) is 13.0 Å². The third kappa shape index (κ3) is 5.80. The molecule has 2 aromatic rings. The zero-order valence-corrected chi connectivity index (χ0v) is 17.7. The molecule has 0 spiro atoms. The van der Waals surface area contributed by atoms with Crippen molar-refractivity contribution < 1.29 is 24.2 Å². The number of carbonyl (C=O) groups is 2. The van der Waals surface area contributed by atoms with Gasteiger partial charge in [-0.2, -0.15) is 0 Å². The Kier molecular flexibility index (Phi) is 7.58. The highest BCUT2D eigenvalue weighted by molar-refractivity contribution is 5.88. The summed E-state index contributed by atoms with van der Waals surface area (Å²) in [5, 5.41) is 25.0. The molecule has 0 bridgehead atoms. The normalized spacial score (nSPS) is 12.5. The van der Waals surface area contributed by atoms with Crippen molar-refractivity contribution in [2.45, 2.75) is 26.4 Å². The van der Waals surface area contributed by atoms with Crippen LogP contribution in [0.15, 0.2) is 33.5 Å². The number of aliphatic hydroxyl groups excluding tert-OH is 2. The molecule has 0 saturated heterocycles. The number of amides is 2. The van der Waals surface area contributed by atoms with Gasteiger partial charge >= 0.3 is 5.63 Å². The molecule has 1 atom stereocenters. The quantitative estimate of drug-likeness (QED) is 0.333. The number of nitrogens with one attached hydrogen (secondary N) is 2. The van der Waals surface area contributed by atoms with Crippen LogP contribution in [0.25, 0.3) is 11.0 Å². The number of hydrogen-bond acceptors (Lipinski definition) is 7. The number of fused-ring (bicyclic) bond motifs is 1. The number of nitrogens with zero attached hydrogens (tertiary/aromatic N) is 1. The molecule has 0 radical (unpaired) electrons. The fourth-order valence-electron chi connectivity index (χ4n) is 2.80. The van der Waals surface area contributed by atoms with E-state index in [4.69, 9.17) is 4.42 Å². The zero-order valence-electron chi connectivity index (χ0n) is 17.7. The fraction of sp³-hybridized carbons (Fsp3) is 0.476. The predicted molar refractivity (Wildman–Crippen MR) is 113 cm³/mol. The van der Waals surface area contributed by atoms with E-state index in [1.165, 1.54) is 6.07 Å². The first-order valence-corrected chi connectivity index (χ1v) is 9.62. The van der Waals surface area contributed by atoms with Crippen LogP contribution in [0.3, 0.4) is 0 Å². The molecule has 9 nitrogen and oxygen atoms in total. The van der Waals surface area contributed by atoms with Crippen molar-refractivity contribution in [3.8, 4) is 0 Å². The van der Waals surface area contributed by atoms with Gasteiger partial charge in [0.1, 0.15) is 11.7 Å². The fourth-order valence-corrected chi connectivity index (χ4v) is 2.80. The maximum absolute atomic E-state index is 12.3. The number of carbonyl (C=O) groups excluding carboxylic acids is 2. The molecule has 0 aliphatic heterocycles. The van der Waals surface area contributed by atoms with Crippen LogP contribution < -0.4 is 21.2 Å². The minimum atomic E-state index is -1.36. The molecule has 2 rings (SSSR count). The van der Waals surface area contributed by atoms with Gasteiger partial charge in [0, 0.05) is 55.8 Å². The Morgan fingerprint density at radius 3 is 2.47 bits per heavy atom. The second-order valence-electron chi connectivity index (χ2n) is 8.03. The van der Waals surface area contributed by atoms with Gasteiger partial charge in [-0.05, 0) is 17.7 Å². The number of anilines is 1. The van der Waals surface area contributed by atoms with Crippen molar-refractivity contribution in [1.82, 2.24) is 10.6 Å². The number of rotatable bonds is 9. The van der Waals surface area contributed by atoms with Gasteiger partial charge in [0.15, 0.2) is 0 Å². The lowest BCUT2D eigenvalue weighted by atomic mass is 9.87. The molecule has 9 heteroatoms. The molecule has 0 aliphatic rings. The molecule has 4 N–H and O–H groups in total. The number of aliphatic hydroxyl groups is 2.